The summed E-state index contributed by atoms with van der Waals surface area (Å²) in [5.74, 6) is -0.102. The minimum absolute atomic E-state index is 0.236. The fraction of sp³-hybridized carbons (Fsp3) is 0.111. The minimum Gasteiger partial charge on any atom is -0.472 e. The number of ether oxygens (including phenoxy) is 1. The third kappa shape index (κ3) is 3.89. The van der Waals surface area contributed by atoms with Gasteiger partial charge in [-0.15, -0.1) is 0 Å². The van der Waals surface area contributed by atoms with Crippen LogP contribution in [0.2, 0.25) is 0 Å². The van der Waals surface area contributed by atoms with E-state index in [0.717, 1.165) is 5.56 Å². The van der Waals surface area contributed by atoms with Crippen LogP contribution in [0.15, 0.2) is 70.2 Å². The lowest BCUT2D eigenvalue weighted by Crippen LogP contribution is -2.22. The zero-order valence-corrected chi connectivity index (χ0v) is 14.2. The van der Waals surface area contributed by atoms with Gasteiger partial charge >= 0.3 is 0 Å². The maximum Gasteiger partial charge on any atom is 0.271 e. The van der Waals surface area contributed by atoms with Crippen molar-refractivity contribution in [1.82, 2.24) is 9.55 Å². The summed E-state index contributed by atoms with van der Waals surface area (Å²) in [6.07, 6.45) is 1.40. The van der Waals surface area contributed by atoms with Gasteiger partial charge in [0.1, 0.15) is 23.2 Å². The van der Waals surface area contributed by atoms with E-state index in [0.29, 0.717) is 12.2 Å². The minimum atomic E-state index is -0.338. The van der Waals surface area contributed by atoms with Gasteiger partial charge in [0.25, 0.3) is 5.56 Å². The molecule has 0 fully saturated rings. The average Bonchev–Trinajstić information content (AvgIpc) is 2.59. The van der Waals surface area contributed by atoms with Crippen LogP contribution in [0.4, 0.5) is 4.39 Å². The van der Waals surface area contributed by atoms with Gasteiger partial charge in [0, 0.05) is 0 Å². The zero-order chi connectivity index (χ0) is 16.9. The lowest BCUT2D eigenvalue weighted by molar-refractivity contribution is 0.289. The van der Waals surface area contributed by atoms with E-state index in [-0.39, 0.29) is 28.3 Å². The van der Waals surface area contributed by atoms with E-state index < -0.39 is 0 Å². The molecule has 0 aliphatic carbocycles. The molecule has 1 heterocycles. The molecule has 0 saturated heterocycles. The van der Waals surface area contributed by atoms with Gasteiger partial charge in [-0.3, -0.25) is 9.36 Å². The summed E-state index contributed by atoms with van der Waals surface area (Å²) in [7, 11) is 0. The molecule has 0 bridgehead atoms. The number of rotatable bonds is 5. The molecule has 122 valence electrons. The van der Waals surface area contributed by atoms with Crippen molar-refractivity contribution >= 4 is 15.9 Å². The van der Waals surface area contributed by atoms with Crippen molar-refractivity contribution in [3.63, 3.8) is 0 Å². The highest BCUT2D eigenvalue weighted by Crippen LogP contribution is 2.18. The van der Waals surface area contributed by atoms with Gasteiger partial charge in [0.2, 0.25) is 5.88 Å². The summed E-state index contributed by atoms with van der Waals surface area (Å²) < 4.78 is 20.5. The van der Waals surface area contributed by atoms with Crippen LogP contribution in [0.1, 0.15) is 11.1 Å². The Morgan fingerprint density at radius 3 is 2.58 bits per heavy atom. The van der Waals surface area contributed by atoms with E-state index >= 15 is 0 Å². The molecule has 1 aromatic heterocycles. The van der Waals surface area contributed by atoms with E-state index in [2.05, 4.69) is 20.9 Å². The third-order valence-electron chi connectivity index (χ3n) is 3.41. The smallest absolute Gasteiger partial charge is 0.271 e. The van der Waals surface area contributed by atoms with Gasteiger partial charge in [0.15, 0.2) is 0 Å². The zero-order valence-electron chi connectivity index (χ0n) is 12.7. The number of halogens is 2. The van der Waals surface area contributed by atoms with Gasteiger partial charge < -0.3 is 4.74 Å². The van der Waals surface area contributed by atoms with Gasteiger partial charge in [-0.05, 0) is 39.2 Å². The summed E-state index contributed by atoms with van der Waals surface area (Å²) in [5.41, 5.74) is 1.39. The lowest BCUT2D eigenvalue weighted by Gasteiger charge is -2.10. The first-order valence-corrected chi connectivity index (χ1v) is 8.09. The molecule has 0 N–H and O–H groups in total. The molecule has 3 aromatic rings. The van der Waals surface area contributed by atoms with Crippen LogP contribution < -0.4 is 10.3 Å². The molecule has 24 heavy (non-hydrogen) atoms. The average molecular weight is 389 g/mol. The quantitative estimate of drug-likeness (QED) is 0.667. The molecule has 0 spiro atoms. The predicted octanol–water partition coefficient (Wildman–Crippen LogP) is 3.77. The van der Waals surface area contributed by atoms with Gasteiger partial charge in [-0.2, -0.15) is 0 Å². The van der Waals surface area contributed by atoms with Crippen LogP contribution in [0.25, 0.3) is 0 Å². The molecular formula is C18H14BrFN2O2. The molecule has 2 aromatic carbocycles. The molecule has 0 atom stereocenters. The second-order valence-electron chi connectivity index (χ2n) is 5.20. The second kappa shape index (κ2) is 7.40. The first kappa shape index (κ1) is 16.4. The van der Waals surface area contributed by atoms with Crippen molar-refractivity contribution in [2.75, 3.05) is 0 Å². The largest absolute Gasteiger partial charge is 0.472 e. The van der Waals surface area contributed by atoms with Crippen molar-refractivity contribution in [3.8, 4) is 5.88 Å². The number of benzene rings is 2. The highest BCUT2D eigenvalue weighted by Gasteiger charge is 2.11. The maximum absolute atomic E-state index is 13.2. The van der Waals surface area contributed by atoms with E-state index in [9.17, 15) is 9.18 Å². The summed E-state index contributed by atoms with van der Waals surface area (Å²) >= 11 is 3.24. The topological polar surface area (TPSA) is 44.1 Å². The Bertz CT molecular complexity index is 897. The summed E-state index contributed by atoms with van der Waals surface area (Å²) in [4.78, 5) is 16.6. The Morgan fingerprint density at radius 1 is 1.08 bits per heavy atom. The Morgan fingerprint density at radius 2 is 1.83 bits per heavy atom. The molecule has 0 aliphatic heterocycles. The monoisotopic (exact) mass is 388 g/mol. The molecular weight excluding hydrogens is 375 g/mol. The first-order chi connectivity index (χ1) is 11.6. The van der Waals surface area contributed by atoms with E-state index in [1.165, 1.54) is 23.0 Å². The summed E-state index contributed by atoms with van der Waals surface area (Å²) in [6.45, 7) is 0.556. The number of aromatic nitrogens is 2. The third-order valence-corrected chi connectivity index (χ3v) is 4.09. The number of nitrogens with zero attached hydrogens (tertiary/aromatic N) is 2. The van der Waals surface area contributed by atoms with Crippen molar-refractivity contribution in [2.24, 2.45) is 0 Å². The number of hydrogen-bond donors (Lipinski definition) is 0. The van der Waals surface area contributed by atoms with Gasteiger partial charge in [-0.25, -0.2) is 9.37 Å². The van der Waals surface area contributed by atoms with Crippen molar-refractivity contribution < 1.29 is 9.13 Å². The highest BCUT2D eigenvalue weighted by molar-refractivity contribution is 9.10. The molecule has 0 amide bonds. The van der Waals surface area contributed by atoms with Crippen LogP contribution in [-0.4, -0.2) is 9.55 Å². The van der Waals surface area contributed by atoms with Gasteiger partial charge in [0.05, 0.1) is 6.54 Å². The van der Waals surface area contributed by atoms with Crippen molar-refractivity contribution in [2.45, 2.75) is 13.2 Å². The van der Waals surface area contributed by atoms with Crippen molar-refractivity contribution in [3.05, 3.63) is 92.7 Å². The Labute approximate surface area is 146 Å². The van der Waals surface area contributed by atoms with E-state index in [1.807, 2.05) is 30.3 Å². The van der Waals surface area contributed by atoms with Crippen LogP contribution >= 0.6 is 15.9 Å². The van der Waals surface area contributed by atoms with E-state index in [1.54, 1.807) is 12.1 Å². The molecule has 6 heteroatoms. The normalized spacial score (nSPS) is 10.6. The second-order valence-corrected chi connectivity index (χ2v) is 5.99. The fourth-order valence-corrected chi connectivity index (χ4v) is 2.66. The fourth-order valence-electron chi connectivity index (χ4n) is 2.22. The van der Waals surface area contributed by atoms with Crippen molar-refractivity contribution in [1.29, 1.82) is 0 Å². The Kier molecular flexibility index (Phi) is 5.05. The molecule has 4 nitrogen and oxygen atoms in total. The van der Waals surface area contributed by atoms with Crippen LogP contribution in [0.3, 0.4) is 0 Å². The summed E-state index contributed by atoms with van der Waals surface area (Å²) in [6, 6.07) is 15.7. The van der Waals surface area contributed by atoms with Gasteiger partial charge in [-0.1, -0.05) is 42.5 Å². The van der Waals surface area contributed by atoms with Crippen LogP contribution in [0, 0.1) is 5.82 Å². The molecule has 3 rings (SSSR count). The molecule has 0 unspecified atom stereocenters. The Hall–Kier alpha value is -2.47. The van der Waals surface area contributed by atoms with E-state index in [4.69, 9.17) is 4.74 Å². The lowest BCUT2D eigenvalue weighted by atomic mass is 10.2. The summed E-state index contributed by atoms with van der Waals surface area (Å²) in [5, 5.41) is 0. The number of hydrogen-bond acceptors (Lipinski definition) is 3. The molecule has 0 radical (unpaired) electrons. The van der Waals surface area contributed by atoms with Crippen LogP contribution in [0.5, 0.6) is 5.88 Å². The molecule has 0 aliphatic rings. The Balaban J connectivity index is 1.77. The molecule has 0 saturated carbocycles. The van der Waals surface area contributed by atoms with Crippen LogP contribution in [-0.2, 0) is 13.2 Å². The predicted molar refractivity (Wildman–Crippen MR) is 92.5 cm³/mol. The maximum atomic E-state index is 13.2. The SMILES string of the molecule is O=c1c(Br)c(OCc2ccccc2)ncn1Cc1cccc(F)c1. The standard InChI is InChI=1S/C18H14BrFN2O2/c19-16-17(24-11-13-5-2-1-3-6-13)21-12-22(18(16)23)10-14-7-4-8-15(20)9-14/h1-9,12H,10-11H2. The first-order valence-electron chi connectivity index (χ1n) is 7.29. The highest BCUT2D eigenvalue weighted by atomic mass is 79.9.